The van der Waals surface area contributed by atoms with Crippen molar-refractivity contribution in [2.24, 2.45) is 0 Å². The first-order valence-electron chi connectivity index (χ1n) is 7.10. The van der Waals surface area contributed by atoms with Crippen molar-refractivity contribution >= 4 is 20.9 Å². The van der Waals surface area contributed by atoms with Gasteiger partial charge in [0.15, 0.2) is 21.3 Å². The Bertz CT molecular complexity index is 893. The van der Waals surface area contributed by atoms with E-state index >= 15 is 0 Å². The first-order chi connectivity index (χ1) is 10.5. The summed E-state index contributed by atoms with van der Waals surface area (Å²) in [6.45, 7) is 3.87. The van der Waals surface area contributed by atoms with E-state index in [2.05, 4.69) is 4.98 Å². The Kier molecular flexibility index (Phi) is 3.74. The maximum absolute atomic E-state index is 12.4. The van der Waals surface area contributed by atoms with Crippen LogP contribution in [0.4, 0.5) is 0 Å². The highest BCUT2D eigenvalue weighted by molar-refractivity contribution is 7.91. The Morgan fingerprint density at radius 3 is 2.55 bits per heavy atom. The molecule has 1 heterocycles. The highest BCUT2D eigenvalue weighted by Crippen LogP contribution is 2.19. The smallest absolute Gasteiger partial charge is 0.196 e. The van der Waals surface area contributed by atoms with Gasteiger partial charge in [0, 0.05) is 6.42 Å². The molecule has 3 rings (SSSR count). The molecule has 0 amide bonds. The maximum atomic E-state index is 12.4. The summed E-state index contributed by atoms with van der Waals surface area (Å²) < 4.78 is 30.4. The molecular formula is C17H17NO3S. The van der Waals surface area contributed by atoms with Crippen LogP contribution in [-0.4, -0.2) is 19.2 Å². The van der Waals surface area contributed by atoms with Crippen LogP contribution in [0, 0.1) is 13.8 Å². The van der Waals surface area contributed by atoms with Crippen LogP contribution in [0.5, 0.6) is 0 Å². The fraction of sp³-hybridized carbons (Fsp3) is 0.235. The lowest BCUT2D eigenvalue weighted by molar-refractivity contribution is 0.533. The number of rotatable bonds is 4. The fourth-order valence-corrected chi connectivity index (χ4v) is 3.58. The molecule has 0 saturated carbocycles. The summed E-state index contributed by atoms with van der Waals surface area (Å²) in [5, 5.41) is 0. The van der Waals surface area contributed by atoms with Crippen molar-refractivity contribution < 1.29 is 12.8 Å². The number of benzene rings is 2. The normalized spacial score (nSPS) is 11.9. The highest BCUT2D eigenvalue weighted by Gasteiger charge is 2.17. The second kappa shape index (κ2) is 5.57. The van der Waals surface area contributed by atoms with Gasteiger partial charge in [-0.15, -0.1) is 0 Å². The molecule has 0 atom stereocenters. The fourth-order valence-electron chi connectivity index (χ4n) is 2.27. The second-order valence-electron chi connectivity index (χ2n) is 5.39. The standard InChI is InChI=1S/C17H17NO3S/c1-12-7-8-14(11-13(12)2)22(19,20)10-9-17-18-15-5-3-4-6-16(15)21-17/h3-8,11H,9-10H2,1-2H3. The Morgan fingerprint density at radius 2 is 1.82 bits per heavy atom. The zero-order chi connectivity index (χ0) is 15.7. The summed E-state index contributed by atoms with van der Waals surface area (Å²) >= 11 is 0. The number of sulfone groups is 1. The maximum Gasteiger partial charge on any atom is 0.196 e. The first kappa shape index (κ1) is 14.8. The van der Waals surface area contributed by atoms with Crippen molar-refractivity contribution in [2.45, 2.75) is 25.2 Å². The van der Waals surface area contributed by atoms with Crippen LogP contribution in [0.1, 0.15) is 17.0 Å². The molecule has 2 aromatic carbocycles. The van der Waals surface area contributed by atoms with E-state index in [0.717, 1.165) is 16.6 Å². The Morgan fingerprint density at radius 1 is 1.05 bits per heavy atom. The van der Waals surface area contributed by atoms with Crippen molar-refractivity contribution in [3.05, 3.63) is 59.5 Å². The molecule has 0 aliphatic carbocycles. The predicted molar refractivity (Wildman–Crippen MR) is 85.7 cm³/mol. The molecular weight excluding hydrogens is 298 g/mol. The molecule has 0 saturated heterocycles. The van der Waals surface area contributed by atoms with Gasteiger partial charge in [0.1, 0.15) is 5.52 Å². The number of hydrogen-bond donors (Lipinski definition) is 0. The van der Waals surface area contributed by atoms with E-state index < -0.39 is 9.84 Å². The van der Waals surface area contributed by atoms with Gasteiger partial charge in [-0.25, -0.2) is 13.4 Å². The van der Waals surface area contributed by atoms with Crippen molar-refractivity contribution in [1.29, 1.82) is 0 Å². The Hall–Kier alpha value is -2.14. The summed E-state index contributed by atoms with van der Waals surface area (Å²) in [6.07, 6.45) is 0.268. The van der Waals surface area contributed by atoms with E-state index in [4.69, 9.17) is 4.42 Å². The van der Waals surface area contributed by atoms with Crippen LogP contribution in [0.3, 0.4) is 0 Å². The molecule has 3 aromatic rings. The van der Waals surface area contributed by atoms with Gasteiger partial charge in [0.2, 0.25) is 0 Å². The SMILES string of the molecule is Cc1ccc(S(=O)(=O)CCc2nc3ccccc3o2)cc1C. The van der Waals surface area contributed by atoms with E-state index in [9.17, 15) is 8.42 Å². The van der Waals surface area contributed by atoms with Gasteiger partial charge in [-0.3, -0.25) is 0 Å². The second-order valence-corrected chi connectivity index (χ2v) is 7.50. The average Bonchev–Trinajstić information content (AvgIpc) is 2.91. The lowest BCUT2D eigenvalue weighted by Gasteiger charge is -2.06. The minimum Gasteiger partial charge on any atom is -0.441 e. The highest BCUT2D eigenvalue weighted by atomic mass is 32.2. The minimum absolute atomic E-state index is 0.0116. The molecule has 22 heavy (non-hydrogen) atoms. The molecule has 0 aliphatic heterocycles. The van der Waals surface area contributed by atoms with Gasteiger partial charge >= 0.3 is 0 Å². The van der Waals surface area contributed by atoms with Gasteiger partial charge in [0.25, 0.3) is 0 Å². The molecule has 0 N–H and O–H groups in total. The van der Waals surface area contributed by atoms with E-state index in [1.165, 1.54) is 0 Å². The molecule has 0 fully saturated rings. The largest absolute Gasteiger partial charge is 0.441 e. The third-order valence-electron chi connectivity index (χ3n) is 3.76. The number of hydrogen-bond acceptors (Lipinski definition) is 4. The molecule has 0 radical (unpaired) electrons. The molecule has 0 aliphatic rings. The Balaban J connectivity index is 1.80. The Labute approximate surface area is 129 Å². The number of oxazole rings is 1. The summed E-state index contributed by atoms with van der Waals surface area (Å²) in [4.78, 5) is 4.66. The number of fused-ring (bicyclic) bond motifs is 1. The zero-order valence-electron chi connectivity index (χ0n) is 12.5. The molecule has 1 aromatic heterocycles. The zero-order valence-corrected chi connectivity index (χ0v) is 13.4. The molecule has 0 unspecified atom stereocenters. The number of aryl methyl sites for hydroxylation is 3. The molecule has 4 nitrogen and oxygen atoms in total. The van der Waals surface area contributed by atoms with Crippen LogP contribution in [0.2, 0.25) is 0 Å². The van der Waals surface area contributed by atoms with E-state index in [-0.39, 0.29) is 12.2 Å². The van der Waals surface area contributed by atoms with Crippen LogP contribution < -0.4 is 0 Å². The summed E-state index contributed by atoms with van der Waals surface area (Å²) in [6, 6.07) is 12.6. The van der Waals surface area contributed by atoms with Gasteiger partial charge in [-0.2, -0.15) is 0 Å². The quantitative estimate of drug-likeness (QED) is 0.740. The molecule has 114 valence electrons. The van der Waals surface area contributed by atoms with Crippen molar-refractivity contribution in [3.8, 4) is 0 Å². The van der Waals surface area contributed by atoms with E-state index in [1.807, 2.05) is 44.2 Å². The van der Waals surface area contributed by atoms with Gasteiger partial charge in [-0.1, -0.05) is 18.2 Å². The van der Waals surface area contributed by atoms with Gasteiger partial charge in [-0.05, 0) is 49.2 Å². The predicted octanol–water partition coefficient (Wildman–Crippen LogP) is 3.46. The van der Waals surface area contributed by atoms with E-state index in [1.54, 1.807) is 12.1 Å². The summed E-state index contributed by atoms with van der Waals surface area (Å²) in [7, 11) is -3.34. The third-order valence-corrected chi connectivity index (χ3v) is 5.47. The topological polar surface area (TPSA) is 60.2 Å². The lowest BCUT2D eigenvalue weighted by Crippen LogP contribution is -2.09. The first-order valence-corrected chi connectivity index (χ1v) is 8.75. The molecule has 5 heteroatoms. The van der Waals surface area contributed by atoms with Crippen LogP contribution in [0.15, 0.2) is 51.8 Å². The number of nitrogens with zero attached hydrogens (tertiary/aromatic N) is 1. The van der Waals surface area contributed by atoms with E-state index in [0.29, 0.717) is 16.4 Å². The van der Waals surface area contributed by atoms with Crippen molar-refractivity contribution in [1.82, 2.24) is 4.98 Å². The summed E-state index contributed by atoms with van der Waals surface area (Å²) in [5.74, 6) is 0.441. The van der Waals surface area contributed by atoms with Crippen molar-refractivity contribution in [2.75, 3.05) is 5.75 Å². The molecule has 0 bridgehead atoms. The van der Waals surface area contributed by atoms with Crippen LogP contribution in [-0.2, 0) is 16.3 Å². The van der Waals surface area contributed by atoms with Gasteiger partial charge < -0.3 is 4.42 Å². The monoisotopic (exact) mass is 315 g/mol. The lowest BCUT2D eigenvalue weighted by atomic mass is 10.1. The number of para-hydroxylation sites is 2. The average molecular weight is 315 g/mol. The number of aromatic nitrogens is 1. The van der Waals surface area contributed by atoms with Crippen LogP contribution in [0.25, 0.3) is 11.1 Å². The summed E-state index contributed by atoms with van der Waals surface area (Å²) in [5.41, 5.74) is 3.49. The molecule has 0 spiro atoms. The third kappa shape index (κ3) is 2.90. The van der Waals surface area contributed by atoms with Gasteiger partial charge in [0.05, 0.1) is 10.6 Å². The van der Waals surface area contributed by atoms with Crippen LogP contribution >= 0.6 is 0 Å². The van der Waals surface area contributed by atoms with Crippen molar-refractivity contribution in [3.63, 3.8) is 0 Å². The minimum atomic E-state index is -3.34.